The van der Waals surface area contributed by atoms with Gasteiger partial charge in [0.2, 0.25) is 0 Å². The fourth-order valence-corrected chi connectivity index (χ4v) is 1.75. The van der Waals surface area contributed by atoms with Gasteiger partial charge in [0, 0.05) is 17.9 Å². The van der Waals surface area contributed by atoms with Crippen LogP contribution in [-0.2, 0) is 4.74 Å². The van der Waals surface area contributed by atoms with Crippen molar-refractivity contribution in [3.8, 4) is 5.75 Å². The highest BCUT2D eigenvalue weighted by Crippen LogP contribution is 2.26. The van der Waals surface area contributed by atoms with Crippen molar-refractivity contribution in [2.24, 2.45) is 0 Å². The van der Waals surface area contributed by atoms with Gasteiger partial charge in [-0.25, -0.2) is 0 Å². The van der Waals surface area contributed by atoms with Crippen molar-refractivity contribution in [2.75, 3.05) is 6.61 Å². The van der Waals surface area contributed by atoms with Crippen molar-refractivity contribution in [1.29, 1.82) is 0 Å². The number of rotatable bonds is 6. The highest BCUT2D eigenvalue weighted by atomic mass is 35.7. The first-order valence-corrected chi connectivity index (χ1v) is 6.61. The van der Waals surface area contributed by atoms with Crippen molar-refractivity contribution in [3.63, 3.8) is 0 Å². The smallest absolute Gasteiger partial charge is 0.199 e. The molecule has 0 saturated carbocycles. The summed E-state index contributed by atoms with van der Waals surface area (Å²) in [5.74, 6) is 0.793. The number of benzene rings is 1. The van der Waals surface area contributed by atoms with Crippen molar-refractivity contribution < 1.29 is 9.47 Å². The molecule has 84 valence electrons. The van der Waals surface area contributed by atoms with Crippen LogP contribution in [0.3, 0.4) is 0 Å². The summed E-state index contributed by atoms with van der Waals surface area (Å²) in [6, 6.07) is 7.66. The van der Waals surface area contributed by atoms with Gasteiger partial charge in [0.25, 0.3) is 0 Å². The lowest BCUT2D eigenvalue weighted by Crippen LogP contribution is -2.19. The average Bonchev–Trinajstić information content (AvgIpc) is 2.29. The SMILES string of the molecule is CCOC(CC)Oc1cccc(SCl)c1. The Morgan fingerprint density at radius 3 is 2.80 bits per heavy atom. The minimum absolute atomic E-state index is 0.175. The van der Waals surface area contributed by atoms with E-state index in [0.29, 0.717) is 6.61 Å². The molecular formula is C11H15ClO2S. The first-order chi connectivity index (χ1) is 7.30. The Labute approximate surface area is 99.4 Å². The predicted molar refractivity (Wildman–Crippen MR) is 64.5 cm³/mol. The first-order valence-electron chi connectivity index (χ1n) is 4.97. The maximum atomic E-state index is 5.66. The first kappa shape index (κ1) is 12.7. The third kappa shape index (κ3) is 4.33. The molecule has 0 aromatic heterocycles. The molecule has 0 aliphatic carbocycles. The Bertz CT molecular complexity index is 294. The van der Waals surface area contributed by atoms with Gasteiger partial charge >= 0.3 is 0 Å². The maximum absolute atomic E-state index is 5.66. The summed E-state index contributed by atoms with van der Waals surface area (Å²) < 4.78 is 11.1. The maximum Gasteiger partial charge on any atom is 0.199 e. The van der Waals surface area contributed by atoms with Crippen LogP contribution in [0.4, 0.5) is 0 Å². The molecule has 0 aliphatic rings. The molecule has 0 amide bonds. The van der Waals surface area contributed by atoms with E-state index < -0.39 is 0 Å². The van der Waals surface area contributed by atoms with Crippen LogP contribution < -0.4 is 4.74 Å². The molecule has 0 saturated heterocycles. The van der Waals surface area contributed by atoms with E-state index in [0.717, 1.165) is 17.1 Å². The van der Waals surface area contributed by atoms with E-state index in [2.05, 4.69) is 0 Å². The zero-order valence-electron chi connectivity index (χ0n) is 8.90. The summed E-state index contributed by atoms with van der Waals surface area (Å²) in [5.41, 5.74) is 0. The van der Waals surface area contributed by atoms with Gasteiger partial charge in [0.05, 0.1) is 0 Å². The summed E-state index contributed by atoms with van der Waals surface area (Å²) in [5, 5.41) is 0. The van der Waals surface area contributed by atoms with Gasteiger partial charge in [-0.2, -0.15) is 0 Å². The van der Waals surface area contributed by atoms with Crippen LogP contribution >= 0.6 is 21.7 Å². The van der Waals surface area contributed by atoms with E-state index in [-0.39, 0.29) is 6.29 Å². The summed E-state index contributed by atoms with van der Waals surface area (Å²) in [4.78, 5) is 0.973. The van der Waals surface area contributed by atoms with E-state index in [1.54, 1.807) is 0 Å². The van der Waals surface area contributed by atoms with Gasteiger partial charge < -0.3 is 9.47 Å². The van der Waals surface area contributed by atoms with Crippen molar-refractivity contribution in [3.05, 3.63) is 24.3 Å². The quantitative estimate of drug-likeness (QED) is 0.705. The predicted octanol–water partition coefficient (Wildman–Crippen LogP) is 4.08. The average molecular weight is 247 g/mol. The van der Waals surface area contributed by atoms with Gasteiger partial charge in [0.1, 0.15) is 5.75 Å². The largest absolute Gasteiger partial charge is 0.465 e. The molecule has 1 aromatic rings. The van der Waals surface area contributed by atoms with Gasteiger partial charge in [-0.1, -0.05) is 13.0 Å². The van der Waals surface area contributed by atoms with Crippen LogP contribution in [-0.4, -0.2) is 12.9 Å². The van der Waals surface area contributed by atoms with Gasteiger partial charge in [-0.3, -0.25) is 0 Å². The molecule has 1 atom stereocenters. The Morgan fingerprint density at radius 2 is 2.20 bits per heavy atom. The second kappa shape index (κ2) is 6.99. The molecule has 0 aliphatic heterocycles. The number of halogens is 1. The zero-order chi connectivity index (χ0) is 11.1. The summed E-state index contributed by atoms with van der Waals surface area (Å²) >= 11 is 0. The van der Waals surface area contributed by atoms with E-state index in [1.807, 2.05) is 38.1 Å². The fourth-order valence-electron chi connectivity index (χ4n) is 1.17. The highest BCUT2D eigenvalue weighted by Gasteiger charge is 2.07. The number of hydrogen-bond acceptors (Lipinski definition) is 3. The van der Waals surface area contributed by atoms with E-state index in [1.165, 1.54) is 11.0 Å². The number of ether oxygens (including phenoxy) is 2. The fraction of sp³-hybridized carbons (Fsp3) is 0.455. The lowest BCUT2D eigenvalue weighted by atomic mass is 10.3. The molecule has 0 N–H and O–H groups in total. The summed E-state index contributed by atoms with van der Waals surface area (Å²) in [7, 11) is 6.84. The molecular weight excluding hydrogens is 232 g/mol. The van der Waals surface area contributed by atoms with Gasteiger partial charge in [0.15, 0.2) is 6.29 Å². The van der Waals surface area contributed by atoms with Crippen LogP contribution in [0.2, 0.25) is 0 Å². The van der Waals surface area contributed by atoms with Crippen molar-refractivity contribution >= 4 is 21.7 Å². The van der Waals surface area contributed by atoms with Crippen molar-refractivity contribution in [1.82, 2.24) is 0 Å². The lowest BCUT2D eigenvalue weighted by molar-refractivity contribution is -0.0767. The molecule has 2 nitrogen and oxygen atoms in total. The minimum atomic E-state index is -0.175. The molecule has 1 rings (SSSR count). The Kier molecular flexibility index (Phi) is 5.91. The van der Waals surface area contributed by atoms with E-state index >= 15 is 0 Å². The van der Waals surface area contributed by atoms with Crippen molar-refractivity contribution in [2.45, 2.75) is 31.5 Å². The van der Waals surface area contributed by atoms with E-state index in [9.17, 15) is 0 Å². The zero-order valence-corrected chi connectivity index (χ0v) is 10.5. The second-order valence-corrected chi connectivity index (χ2v) is 4.05. The second-order valence-electron chi connectivity index (χ2n) is 2.96. The molecule has 0 radical (unpaired) electrons. The monoisotopic (exact) mass is 246 g/mol. The van der Waals surface area contributed by atoms with Gasteiger partial charge in [-0.05, 0) is 46.8 Å². The molecule has 4 heteroatoms. The van der Waals surface area contributed by atoms with Gasteiger partial charge in [-0.15, -0.1) is 0 Å². The molecule has 1 unspecified atom stereocenters. The van der Waals surface area contributed by atoms with Crippen LogP contribution in [0.15, 0.2) is 29.2 Å². The Balaban J connectivity index is 2.61. The third-order valence-corrected chi connectivity index (χ3v) is 2.81. The standard InChI is InChI=1S/C11H15ClO2S/c1-3-11(13-4-2)14-9-6-5-7-10(8-9)15-12/h5-8,11H,3-4H2,1-2H3. The normalized spacial score (nSPS) is 12.5. The van der Waals surface area contributed by atoms with Crippen LogP contribution in [0.25, 0.3) is 0 Å². The number of hydrogen-bond donors (Lipinski definition) is 0. The summed E-state index contributed by atoms with van der Waals surface area (Å²) in [6.07, 6.45) is 0.650. The molecule has 0 bridgehead atoms. The van der Waals surface area contributed by atoms with Crippen LogP contribution in [0.5, 0.6) is 5.75 Å². The molecule has 1 aromatic carbocycles. The topological polar surface area (TPSA) is 18.5 Å². The third-order valence-electron chi connectivity index (χ3n) is 1.85. The lowest BCUT2D eigenvalue weighted by Gasteiger charge is -2.17. The van der Waals surface area contributed by atoms with Crippen LogP contribution in [0, 0.1) is 0 Å². The Hall–Kier alpha value is -0.380. The summed E-state index contributed by atoms with van der Waals surface area (Å²) in [6.45, 7) is 4.64. The molecule has 0 heterocycles. The van der Waals surface area contributed by atoms with Crippen LogP contribution in [0.1, 0.15) is 20.3 Å². The Morgan fingerprint density at radius 1 is 1.40 bits per heavy atom. The molecule has 0 fully saturated rings. The van der Waals surface area contributed by atoms with E-state index in [4.69, 9.17) is 20.2 Å². The molecule has 15 heavy (non-hydrogen) atoms. The molecule has 0 spiro atoms. The highest BCUT2D eigenvalue weighted by molar-refractivity contribution is 8.21. The minimum Gasteiger partial charge on any atom is -0.465 e.